The molecular formula is C10H14ClOSi-. The van der Waals surface area contributed by atoms with Crippen molar-refractivity contribution in [2.24, 2.45) is 0 Å². The van der Waals surface area contributed by atoms with Crippen molar-refractivity contribution < 1.29 is 5.11 Å². The predicted octanol–water partition coefficient (Wildman–Crippen LogP) is 1.24. The van der Waals surface area contributed by atoms with Gasteiger partial charge in [0.1, 0.15) is 0 Å². The smallest absolute Gasteiger partial charge is 0.0962 e. The van der Waals surface area contributed by atoms with Crippen molar-refractivity contribution in [1.82, 2.24) is 0 Å². The number of alkyl halides is 1. The second-order valence-corrected chi connectivity index (χ2v) is 9.19. The largest absolute Gasteiger partial charge is 0.851 e. The van der Waals surface area contributed by atoms with E-state index in [9.17, 15) is 5.11 Å². The van der Waals surface area contributed by atoms with Gasteiger partial charge in [0.15, 0.2) is 0 Å². The molecule has 0 amide bonds. The van der Waals surface area contributed by atoms with E-state index in [4.69, 9.17) is 11.6 Å². The molecule has 0 saturated carbocycles. The molecule has 72 valence electrons. The van der Waals surface area contributed by atoms with Crippen LogP contribution in [0.3, 0.4) is 0 Å². The third kappa shape index (κ3) is 2.33. The fourth-order valence-corrected chi connectivity index (χ4v) is 3.53. The van der Waals surface area contributed by atoms with Crippen molar-refractivity contribution in [3.05, 3.63) is 29.8 Å². The van der Waals surface area contributed by atoms with Gasteiger partial charge in [0.2, 0.25) is 0 Å². The monoisotopic (exact) mass is 213 g/mol. The van der Waals surface area contributed by atoms with Gasteiger partial charge in [0.25, 0.3) is 0 Å². The maximum absolute atomic E-state index is 10.9. The topological polar surface area (TPSA) is 23.1 Å². The van der Waals surface area contributed by atoms with Gasteiger partial charge in [-0.15, -0.1) is 18.2 Å². The zero-order valence-electron chi connectivity index (χ0n) is 8.01. The first-order valence-corrected chi connectivity index (χ1v) is 8.08. The van der Waals surface area contributed by atoms with Gasteiger partial charge in [-0.2, -0.15) is 0 Å². The van der Waals surface area contributed by atoms with Crippen molar-refractivity contribution in [3.63, 3.8) is 0 Å². The fraction of sp³-hybridized carbons (Fsp3) is 0.400. The van der Waals surface area contributed by atoms with Crippen LogP contribution in [0.15, 0.2) is 24.3 Å². The third-order valence-corrected chi connectivity index (χ3v) is 6.85. The van der Waals surface area contributed by atoms with Crippen LogP contribution in [-0.4, -0.2) is 13.6 Å². The zero-order chi connectivity index (χ0) is 9.90. The molecule has 0 spiro atoms. The Hall–Kier alpha value is -0.313. The summed E-state index contributed by atoms with van der Waals surface area (Å²) in [6, 6.07) is 7.84. The van der Waals surface area contributed by atoms with Crippen LogP contribution in [0.1, 0.15) is 5.56 Å². The van der Waals surface area contributed by atoms with Gasteiger partial charge in [-0.25, -0.2) is 0 Å². The van der Waals surface area contributed by atoms with E-state index in [0.29, 0.717) is 5.50 Å². The second kappa shape index (κ2) is 4.27. The number of benzene rings is 1. The fourth-order valence-electron chi connectivity index (χ4n) is 1.38. The molecule has 0 aliphatic heterocycles. The van der Waals surface area contributed by atoms with Gasteiger partial charge in [0.05, 0.1) is 8.07 Å². The number of rotatable bonds is 3. The highest BCUT2D eigenvalue weighted by molar-refractivity contribution is 6.94. The SMILES string of the molecule is C[Si](C)(CCl)c1ccccc1C[O-]. The molecule has 0 unspecified atom stereocenters. The minimum absolute atomic E-state index is 0.135. The summed E-state index contributed by atoms with van der Waals surface area (Å²) >= 11 is 5.92. The molecule has 1 aromatic carbocycles. The highest BCUT2D eigenvalue weighted by Gasteiger charge is 2.23. The van der Waals surface area contributed by atoms with Crippen molar-refractivity contribution in [2.45, 2.75) is 19.7 Å². The Kier molecular flexibility index (Phi) is 3.53. The van der Waals surface area contributed by atoms with E-state index >= 15 is 0 Å². The standard InChI is InChI=1S/C10H14ClOSi/c1-13(2,8-11)10-6-4-3-5-9(10)7-12/h3-6H,7-8H2,1-2H3/q-1. The van der Waals surface area contributed by atoms with Crippen LogP contribution in [0.2, 0.25) is 13.1 Å². The first kappa shape index (κ1) is 10.8. The Morgan fingerprint density at radius 2 is 1.92 bits per heavy atom. The minimum Gasteiger partial charge on any atom is -0.851 e. The molecule has 0 aliphatic carbocycles. The van der Waals surface area contributed by atoms with Crippen molar-refractivity contribution in [2.75, 3.05) is 5.50 Å². The predicted molar refractivity (Wildman–Crippen MR) is 58.0 cm³/mol. The third-order valence-electron chi connectivity index (χ3n) is 2.24. The molecule has 0 atom stereocenters. The molecule has 0 radical (unpaired) electrons. The summed E-state index contributed by atoms with van der Waals surface area (Å²) in [5.41, 5.74) is 1.59. The highest BCUT2D eigenvalue weighted by atomic mass is 35.5. The van der Waals surface area contributed by atoms with E-state index in [1.54, 1.807) is 0 Å². The van der Waals surface area contributed by atoms with Crippen LogP contribution in [-0.2, 0) is 6.61 Å². The molecule has 0 aliphatic rings. The molecule has 0 fully saturated rings. The van der Waals surface area contributed by atoms with Crippen molar-refractivity contribution >= 4 is 24.9 Å². The van der Waals surface area contributed by atoms with Crippen molar-refractivity contribution in [3.8, 4) is 0 Å². The summed E-state index contributed by atoms with van der Waals surface area (Å²) in [5.74, 6) is 0. The number of halogens is 1. The molecule has 1 rings (SSSR count). The van der Waals surface area contributed by atoms with E-state index in [1.807, 2.05) is 24.3 Å². The summed E-state index contributed by atoms with van der Waals surface area (Å²) in [6.07, 6.45) is 0. The lowest BCUT2D eigenvalue weighted by Gasteiger charge is -2.24. The average molecular weight is 214 g/mol. The van der Waals surface area contributed by atoms with Crippen LogP contribution in [0.4, 0.5) is 0 Å². The molecule has 0 N–H and O–H groups in total. The molecule has 0 heterocycles. The van der Waals surface area contributed by atoms with Crippen LogP contribution >= 0.6 is 11.6 Å². The minimum atomic E-state index is -1.55. The maximum Gasteiger partial charge on any atom is 0.0962 e. The van der Waals surface area contributed by atoms with Crippen molar-refractivity contribution in [1.29, 1.82) is 0 Å². The normalized spacial score (nSPS) is 11.7. The summed E-state index contributed by atoms with van der Waals surface area (Å²) in [6.45, 7) is 4.24. The van der Waals surface area contributed by atoms with E-state index in [-0.39, 0.29) is 6.61 Å². The molecule has 13 heavy (non-hydrogen) atoms. The highest BCUT2D eigenvalue weighted by Crippen LogP contribution is 2.08. The van der Waals surface area contributed by atoms with Crippen LogP contribution in [0, 0.1) is 0 Å². The van der Waals surface area contributed by atoms with E-state index < -0.39 is 8.07 Å². The van der Waals surface area contributed by atoms with E-state index in [0.717, 1.165) is 5.56 Å². The molecular weight excluding hydrogens is 200 g/mol. The zero-order valence-corrected chi connectivity index (χ0v) is 9.77. The molecule has 0 saturated heterocycles. The summed E-state index contributed by atoms with van der Waals surface area (Å²) in [5, 5.41) is 12.1. The lowest BCUT2D eigenvalue weighted by Crippen LogP contribution is -2.46. The molecule has 1 aromatic rings. The Morgan fingerprint density at radius 1 is 1.31 bits per heavy atom. The Labute approximate surface area is 85.4 Å². The average Bonchev–Trinajstić information content (AvgIpc) is 2.18. The van der Waals surface area contributed by atoms with Crippen LogP contribution < -0.4 is 10.3 Å². The molecule has 0 aromatic heterocycles. The van der Waals surface area contributed by atoms with Gasteiger partial charge < -0.3 is 5.11 Å². The van der Waals surface area contributed by atoms with Crippen LogP contribution in [0.25, 0.3) is 0 Å². The van der Waals surface area contributed by atoms with E-state index in [1.165, 1.54) is 5.19 Å². The Balaban J connectivity index is 3.12. The Morgan fingerprint density at radius 3 is 2.46 bits per heavy atom. The van der Waals surface area contributed by atoms with Crippen LogP contribution in [0.5, 0.6) is 0 Å². The summed E-state index contributed by atoms with van der Waals surface area (Å²) in [7, 11) is -1.55. The number of hydrogen-bond acceptors (Lipinski definition) is 1. The van der Waals surface area contributed by atoms with Gasteiger partial charge in [-0.1, -0.05) is 48.1 Å². The lowest BCUT2D eigenvalue weighted by molar-refractivity contribution is -0.386. The lowest BCUT2D eigenvalue weighted by atomic mass is 10.2. The first-order valence-electron chi connectivity index (χ1n) is 4.34. The van der Waals surface area contributed by atoms with Gasteiger partial charge in [-0.3, -0.25) is 0 Å². The molecule has 1 nitrogen and oxygen atoms in total. The van der Waals surface area contributed by atoms with E-state index in [2.05, 4.69) is 13.1 Å². The first-order chi connectivity index (χ1) is 6.11. The Bertz CT molecular complexity index is 286. The van der Waals surface area contributed by atoms with Gasteiger partial charge >= 0.3 is 0 Å². The summed E-state index contributed by atoms with van der Waals surface area (Å²) < 4.78 is 0. The quantitative estimate of drug-likeness (QED) is 0.548. The van der Waals surface area contributed by atoms with Gasteiger partial charge in [0, 0.05) is 5.50 Å². The second-order valence-electron chi connectivity index (χ2n) is 3.82. The van der Waals surface area contributed by atoms with Gasteiger partial charge in [-0.05, 0) is 0 Å². The summed E-state index contributed by atoms with van der Waals surface area (Å²) in [4.78, 5) is 0. The number of hydrogen-bond donors (Lipinski definition) is 0. The molecule has 3 heteroatoms. The molecule has 0 bridgehead atoms. The maximum atomic E-state index is 10.9.